The van der Waals surface area contributed by atoms with Crippen molar-refractivity contribution in [3.05, 3.63) is 53.6 Å². The van der Waals surface area contributed by atoms with Gasteiger partial charge in [-0.05, 0) is 61.7 Å². The summed E-state index contributed by atoms with van der Waals surface area (Å²) in [5.74, 6) is -0.441. The molecule has 0 spiro atoms. The number of carboxylic acid groups (broad SMARTS) is 1. The van der Waals surface area contributed by atoms with E-state index in [1.165, 1.54) is 24.3 Å². The highest BCUT2D eigenvalue weighted by atomic mass is 32.2. The molecule has 2 aliphatic heterocycles. The summed E-state index contributed by atoms with van der Waals surface area (Å²) in [6.45, 7) is 2.07. The van der Waals surface area contributed by atoms with Gasteiger partial charge in [0.15, 0.2) is 16.7 Å². The molecule has 4 rings (SSSR count). The number of aryl methyl sites for hydroxylation is 1. The number of carboxylic acids is 1. The van der Waals surface area contributed by atoms with Crippen LogP contribution in [0.5, 0.6) is 11.5 Å². The average Bonchev–Trinajstić information content (AvgIpc) is 3.39. The molecule has 2 amide bonds. The van der Waals surface area contributed by atoms with E-state index in [2.05, 4.69) is 10.2 Å². The first-order valence-corrected chi connectivity index (χ1v) is 11.3. The fourth-order valence-electron chi connectivity index (χ4n) is 3.50. The number of anilines is 1. The van der Waals surface area contributed by atoms with Gasteiger partial charge in [-0.25, -0.2) is 9.69 Å². The summed E-state index contributed by atoms with van der Waals surface area (Å²) in [5.41, 5.74) is 8.17. The molecule has 34 heavy (non-hydrogen) atoms. The molecule has 0 bridgehead atoms. The van der Waals surface area contributed by atoms with Gasteiger partial charge < -0.3 is 20.3 Å². The molecule has 10 nitrogen and oxygen atoms in total. The van der Waals surface area contributed by atoms with E-state index in [1.54, 1.807) is 0 Å². The van der Waals surface area contributed by atoms with Crippen LogP contribution in [0.25, 0.3) is 0 Å². The van der Waals surface area contributed by atoms with Gasteiger partial charge in [0, 0.05) is 12.1 Å². The molecule has 2 heterocycles. The monoisotopic (exact) mass is 482 g/mol. The molecule has 2 aromatic carbocycles. The smallest absolute Gasteiger partial charge is 0.335 e. The number of carbonyl (C=O) groups is 3. The first kappa shape index (κ1) is 23.3. The Morgan fingerprint density at radius 2 is 1.88 bits per heavy atom. The van der Waals surface area contributed by atoms with Crippen molar-refractivity contribution >= 4 is 46.1 Å². The molecule has 1 unspecified atom stereocenters. The van der Waals surface area contributed by atoms with Gasteiger partial charge in [0.05, 0.1) is 11.3 Å². The van der Waals surface area contributed by atoms with Gasteiger partial charge in [-0.3, -0.25) is 9.59 Å². The third kappa shape index (κ3) is 5.20. The van der Waals surface area contributed by atoms with Crippen molar-refractivity contribution in [2.24, 2.45) is 15.9 Å². The number of imide groups is 1. The lowest BCUT2D eigenvalue weighted by molar-refractivity contribution is -0.121. The Morgan fingerprint density at radius 1 is 1.15 bits per heavy atom. The van der Waals surface area contributed by atoms with Gasteiger partial charge >= 0.3 is 5.97 Å². The number of thioether (sulfide) groups is 1. The second-order valence-electron chi connectivity index (χ2n) is 7.69. The van der Waals surface area contributed by atoms with E-state index >= 15 is 0 Å². The van der Waals surface area contributed by atoms with Crippen LogP contribution in [-0.4, -0.2) is 45.8 Å². The fraction of sp³-hybridized carbons (Fsp3) is 0.261. The minimum absolute atomic E-state index is 0.0345. The van der Waals surface area contributed by atoms with Crippen LogP contribution in [0.4, 0.5) is 5.69 Å². The molecular weight excluding hydrogens is 460 g/mol. The fourth-order valence-corrected chi connectivity index (χ4v) is 4.31. The van der Waals surface area contributed by atoms with E-state index in [0.29, 0.717) is 12.1 Å². The predicted molar refractivity (Wildman–Crippen MR) is 128 cm³/mol. The third-order valence-corrected chi connectivity index (χ3v) is 6.25. The van der Waals surface area contributed by atoms with E-state index in [0.717, 1.165) is 45.9 Å². The molecule has 176 valence electrons. The zero-order valence-electron chi connectivity index (χ0n) is 18.3. The van der Waals surface area contributed by atoms with Crippen molar-refractivity contribution in [2.45, 2.75) is 31.4 Å². The predicted octanol–water partition coefficient (Wildman–Crippen LogP) is 2.80. The minimum Gasteiger partial charge on any atom is -0.478 e. The van der Waals surface area contributed by atoms with Crippen molar-refractivity contribution in [1.82, 2.24) is 0 Å². The van der Waals surface area contributed by atoms with Gasteiger partial charge in [-0.15, -0.1) is 5.10 Å². The Labute approximate surface area is 199 Å². The number of nitrogens with zero attached hydrogens (tertiary/aromatic N) is 3. The summed E-state index contributed by atoms with van der Waals surface area (Å²) in [5, 5.41) is 16.5. The maximum absolute atomic E-state index is 12.8. The topological polar surface area (TPSA) is 144 Å². The molecule has 1 fully saturated rings. The first-order valence-electron chi connectivity index (χ1n) is 10.4. The molecular formula is C23H22N4O6S. The number of hydrogen-bond donors (Lipinski definition) is 2. The number of hydrogen-bond acceptors (Lipinski definition) is 8. The molecule has 0 aliphatic carbocycles. The van der Waals surface area contributed by atoms with Crippen LogP contribution in [0.15, 0.2) is 52.7 Å². The number of nitrogens with two attached hydrogens (primary N) is 1. The van der Waals surface area contributed by atoms with Crippen LogP contribution in [-0.2, 0) is 16.0 Å². The normalized spacial score (nSPS) is 18.0. The zero-order valence-corrected chi connectivity index (χ0v) is 19.1. The van der Waals surface area contributed by atoms with Gasteiger partial charge in [0.25, 0.3) is 0 Å². The second kappa shape index (κ2) is 9.96. The summed E-state index contributed by atoms with van der Waals surface area (Å²) < 4.78 is 10.7. The van der Waals surface area contributed by atoms with E-state index in [1.807, 2.05) is 25.1 Å². The van der Waals surface area contributed by atoms with Gasteiger partial charge in [-0.2, -0.15) is 5.10 Å². The van der Waals surface area contributed by atoms with Crippen LogP contribution in [0.3, 0.4) is 0 Å². The Kier molecular flexibility index (Phi) is 6.82. The standard InChI is InChI=1S/C23H22N4O6S/c1-13(2-3-14-4-9-17-18(10-14)33-12-32-17)25-26-23(24)34-19-11-20(28)27(21(19)29)16-7-5-15(6-8-16)22(30)31/h4-10,19H,2-3,11-12H2,1H3,(H2,24,26)(H,30,31)/b25-13+. The lowest BCUT2D eigenvalue weighted by atomic mass is 10.1. The van der Waals surface area contributed by atoms with Crippen molar-refractivity contribution in [2.75, 3.05) is 11.7 Å². The number of benzene rings is 2. The number of amidine groups is 1. The van der Waals surface area contributed by atoms with E-state index < -0.39 is 17.1 Å². The van der Waals surface area contributed by atoms with Crippen LogP contribution in [0.1, 0.15) is 35.7 Å². The molecule has 1 saturated heterocycles. The van der Waals surface area contributed by atoms with Crippen molar-refractivity contribution < 1.29 is 29.0 Å². The molecule has 11 heteroatoms. The zero-order chi connectivity index (χ0) is 24.2. The highest BCUT2D eigenvalue weighted by molar-refractivity contribution is 8.14. The minimum atomic E-state index is -1.09. The average molecular weight is 483 g/mol. The quantitative estimate of drug-likeness (QED) is 0.265. The molecule has 3 N–H and O–H groups in total. The van der Waals surface area contributed by atoms with Crippen molar-refractivity contribution in [1.29, 1.82) is 0 Å². The summed E-state index contributed by atoms with van der Waals surface area (Å²) in [6, 6.07) is 11.3. The first-order chi connectivity index (χ1) is 16.3. The second-order valence-corrected chi connectivity index (χ2v) is 8.91. The number of aromatic carboxylic acids is 1. The summed E-state index contributed by atoms with van der Waals surface area (Å²) in [7, 11) is 0. The number of carbonyl (C=O) groups excluding carboxylic acids is 2. The van der Waals surface area contributed by atoms with Crippen LogP contribution < -0.4 is 20.1 Å². The van der Waals surface area contributed by atoms with Crippen molar-refractivity contribution in [3.63, 3.8) is 0 Å². The maximum atomic E-state index is 12.8. The van der Waals surface area contributed by atoms with Gasteiger partial charge in [-0.1, -0.05) is 17.8 Å². The van der Waals surface area contributed by atoms with Gasteiger partial charge in [0.2, 0.25) is 18.6 Å². The molecule has 0 saturated carbocycles. The largest absolute Gasteiger partial charge is 0.478 e. The summed E-state index contributed by atoms with van der Waals surface area (Å²) in [6.07, 6.45) is 1.36. The SMILES string of the molecule is C/C(CCc1ccc2c(c1)OCO2)=N\N=C(/N)SC1CC(=O)N(c2ccc(C(=O)O)cc2)C1=O. The lowest BCUT2D eigenvalue weighted by Crippen LogP contribution is -2.31. The maximum Gasteiger partial charge on any atom is 0.335 e. The molecule has 0 radical (unpaired) electrons. The van der Waals surface area contributed by atoms with Gasteiger partial charge in [0.1, 0.15) is 5.25 Å². The summed E-state index contributed by atoms with van der Waals surface area (Å²) >= 11 is 0.980. The van der Waals surface area contributed by atoms with Crippen LogP contribution >= 0.6 is 11.8 Å². The third-order valence-electron chi connectivity index (χ3n) is 5.27. The number of rotatable bonds is 7. The number of amides is 2. The molecule has 2 aromatic rings. The van der Waals surface area contributed by atoms with E-state index in [-0.39, 0.29) is 29.9 Å². The Balaban J connectivity index is 1.33. The Hall–Kier alpha value is -3.86. The Bertz CT molecular complexity index is 1190. The van der Waals surface area contributed by atoms with E-state index in [4.69, 9.17) is 20.3 Å². The molecule has 2 aliphatic rings. The summed E-state index contributed by atoms with van der Waals surface area (Å²) in [4.78, 5) is 37.2. The van der Waals surface area contributed by atoms with Crippen LogP contribution in [0.2, 0.25) is 0 Å². The number of ether oxygens (including phenoxy) is 2. The van der Waals surface area contributed by atoms with Crippen LogP contribution in [0, 0.1) is 0 Å². The highest BCUT2D eigenvalue weighted by Gasteiger charge is 2.40. The highest BCUT2D eigenvalue weighted by Crippen LogP contribution is 2.33. The van der Waals surface area contributed by atoms with Crippen molar-refractivity contribution in [3.8, 4) is 11.5 Å². The number of fused-ring (bicyclic) bond motifs is 1. The Morgan fingerprint density at radius 3 is 2.62 bits per heavy atom. The molecule has 1 atom stereocenters. The molecule has 0 aromatic heterocycles. The lowest BCUT2D eigenvalue weighted by Gasteiger charge is -2.14. The van der Waals surface area contributed by atoms with E-state index in [9.17, 15) is 14.4 Å².